The third-order valence-electron chi connectivity index (χ3n) is 1.77. The van der Waals surface area contributed by atoms with Gasteiger partial charge in [-0.2, -0.15) is 5.10 Å². The van der Waals surface area contributed by atoms with Crippen LogP contribution in [0.25, 0.3) is 0 Å². The molecular formula is C12H16N2O4. The van der Waals surface area contributed by atoms with Crippen LogP contribution in [0.5, 0.6) is 11.5 Å². The van der Waals surface area contributed by atoms with Crippen molar-refractivity contribution in [2.75, 3.05) is 0 Å². The van der Waals surface area contributed by atoms with Gasteiger partial charge in [-0.3, -0.25) is 0 Å². The standard InChI is InChI=1S/C12H16N2O4/c1-12(2,3)18-11(17)14-13-7-8-4-5-9(15)6-10(8)16/h4-7,15-16H,1-3H3,(H,14,17)/b13-7+. The Morgan fingerprint density at radius 3 is 2.61 bits per heavy atom. The number of benzene rings is 1. The molecule has 98 valence electrons. The summed E-state index contributed by atoms with van der Waals surface area (Å²) in [5, 5.41) is 22.2. The number of ether oxygens (including phenoxy) is 1. The third-order valence-corrected chi connectivity index (χ3v) is 1.77. The van der Waals surface area contributed by atoms with E-state index in [1.54, 1.807) is 20.8 Å². The molecule has 0 saturated heterocycles. The number of carbonyl (C=O) groups excluding carboxylic acids is 1. The Morgan fingerprint density at radius 1 is 1.39 bits per heavy atom. The second-order valence-electron chi connectivity index (χ2n) is 4.62. The summed E-state index contributed by atoms with van der Waals surface area (Å²) in [6, 6.07) is 4.04. The van der Waals surface area contributed by atoms with E-state index in [1.807, 2.05) is 0 Å². The largest absolute Gasteiger partial charge is 0.508 e. The number of hydrogen-bond donors (Lipinski definition) is 3. The van der Waals surface area contributed by atoms with Gasteiger partial charge in [0.2, 0.25) is 0 Å². The zero-order valence-corrected chi connectivity index (χ0v) is 10.5. The molecule has 0 aliphatic carbocycles. The SMILES string of the molecule is CC(C)(C)OC(=O)N/N=C/c1ccc(O)cc1O. The van der Waals surface area contributed by atoms with Crippen molar-refractivity contribution in [1.29, 1.82) is 0 Å². The molecule has 1 amide bonds. The van der Waals surface area contributed by atoms with Gasteiger partial charge in [0, 0.05) is 11.6 Å². The molecule has 18 heavy (non-hydrogen) atoms. The van der Waals surface area contributed by atoms with Crippen molar-refractivity contribution in [2.24, 2.45) is 5.10 Å². The van der Waals surface area contributed by atoms with Gasteiger partial charge in [-0.05, 0) is 32.9 Å². The summed E-state index contributed by atoms with van der Waals surface area (Å²) in [5.74, 6) is -0.186. The molecule has 0 radical (unpaired) electrons. The van der Waals surface area contributed by atoms with E-state index < -0.39 is 11.7 Å². The molecule has 0 unspecified atom stereocenters. The number of hydrogen-bond acceptors (Lipinski definition) is 5. The number of nitrogens with one attached hydrogen (secondary N) is 1. The van der Waals surface area contributed by atoms with E-state index in [0.717, 1.165) is 0 Å². The van der Waals surface area contributed by atoms with Gasteiger partial charge in [-0.1, -0.05) is 0 Å². The molecule has 0 heterocycles. The molecule has 6 heteroatoms. The van der Waals surface area contributed by atoms with Crippen LogP contribution in [-0.2, 0) is 4.74 Å². The van der Waals surface area contributed by atoms with Crippen LogP contribution in [0, 0.1) is 0 Å². The first-order valence-corrected chi connectivity index (χ1v) is 5.32. The first-order valence-electron chi connectivity index (χ1n) is 5.32. The first kappa shape index (κ1) is 13.8. The molecule has 1 aromatic rings. The molecule has 6 nitrogen and oxygen atoms in total. The number of aromatic hydroxyl groups is 2. The highest BCUT2D eigenvalue weighted by molar-refractivity contribution is 5.84. The van der Waals surface area contributed by atoms with E-state index in [4.69, 9.17) is 9.84 Å². The number of phenolic OH excluding ortho intramolecular Hbond substituents is 2. The molecular weight excluding hydrogens is 236 g/mol. The summed E-state index contributed by atoms with van der Waals surface area (Å²) in [6.45, 7) is 5.21. The first-order chi connectivity index (χ1) is 8.28. The fourth-order valence-corrected chi connectivity index (χ4v) is 1.10. The highest BCUT2D eigenvalue weighted by atomic mass is 16.6. The van der Waals surface area contributed by atoms with Crippen LogP contribution in [0.1, 0.15) is 26.3 Å². The highest BCUT2D eigenvalue weighted by Crippen LogP contribution is 2.20. The lowest BCUT2D eigenvalue weighted by molar-refractivity contribution is 0.0529. The summed E-state index contributed by atoms with van der Waals surface area (Å²) in [5.41, 5.74) is 1.93. The van der Waals surface area contributed by atoms with E-state index in [2.05, 4.69) is 10.5 Å². The molecule has 0 saturated carbocycles. The highest BCUT2D eigenvalue weighted by Gasteiger charge is 2.15. The van der Waals surface area contributed by atoms with Gasteiger partial charge in [0.1, 0.15) is 17.1 Å². The Balaban J connectivity index is 2.58. The maximum absolute atomic E-state index is 11.2. The smallest absolute Gasteiger partial charge is 0.428 e. The summed E-state index contributed by atoms with van der Waals surface area (Å²) < 4.78 is 4.96. The van der Waals surface area contributed by atoms with Crippen molar-refractivity contribution in [3.63, 3.8) is 0 Å². The van der Waals surface area contributed by atoms with Crippen molar-refractivity contribution in [1.82, 2.24) is 5.43 Å². The molecule has 0 spiro atoms. The molecule has 0 aliphatic rings. The minimum atomic E-state index is -0.683. The Labute approximate surface area is 105 Å². The van der Waals surface area contributed by atoms with Gasteiger partial charge in [-0.25, -0.2) is 10.2 Å². The van der Waals surface area contributed by atoms with Crippen LogP contribution >= 0.6 is 0 Å². The van der Waals surface area contributed by atoms with E-state index >= 15 is 0 Å². The summed E-state index contributed by atoms with van der Waals surface area (Å²) in [6.07, 6.45) is 0.565. The fourth-order valence-electron chi connectivity index (χ4n) is 1.10. The normalized spacial score (nSPS) is 11.5. The lowest BCUT2D eigenvalue weighted by atomic mass is 10.2. The maximum Gasteiger partial charge on any atom is 0.428 e. The molecule has 3 N–H and O–H groups in total. The second kappa shape index (κ2) is 5.39. The van der Waals surface area contributed by atoms with Gasteiger partial charge < -0.3 is 14.9 Å². The second-order valence-corrected chi connectivity index (χ2v) is 4.62. The van der Waals surface area contributed by atoms with Crippen molar-refractivity contribution < 1.29 is 19.7 Å². The van der Waals surface area contributed by atoms with Gasteiger partial charge >= 0.3 is 6.09 Å². The molecule has 0 fully saturated rings. The number of carbonyl (C=O) groups is 1. The molecule has 0 bridgehead atoms. The Morgan fingerprint density at radius 2 is 2.06 bits per heavy atom. The van der Waals surface area contributed by atoms with E-state index in [9.17, 15) is 9.90 Å². The van der Waals surface area contributed by atoms with Crippen molar-refractivity contribution >= 4 is 12.3 Å². The number of amides is 1. The average molecular weight is 252 g/mol. The van der Waals surface area contributed by atoms with Gasteiger partial charge in [0.25, 0.3) is 0 Å². The van der Waals surface area contributed by atoms with Gasteiger partial charge in [0.05, 0.1) is 6.21 Å². The number of rotatable bonds is 2. The number of hydrazone groups is 1. The predicted molar refractivity (Wildman–Crippen MR) is 66.7 cm³/mol. The van der Waals surface area contributed by atoms with E-state index in [1.165, 1.54) is 24.4 Å². The monoisotopic (exact) mass is 252 g/mol. The summed E-state index contributed by atoms with van der Waals surface area (Å²) in [7, 11) is 0. The predicted octanol–water partition coefficient (Wildman–Crippen LogP) is 1.96. The van der Waals surface area contributed by atoms with Crippen LogP contribution in [0.15, 0.2) is 23.3 Å². The minimum absolute atomic E-state index is 0.0512. The Kier molecular flexibility index (Phi) is 4.14. The fraction of sp³-hybridized carbons (Fsp3) is 0.333. The molecule has 0 atom stereocenters. The lowest BCUT2D eigenvalue weighted by Crippen LogP contribution is -2.29. The van der Waals surface area contributed by atoms with Crippen LogP contribution in [0.3, 0.4) is 0 Å². The van der Waals surface area contributed by atoms with Crippen LogP contribution in [0.2, 0.25) is 0 Å². The van der Waals surface area contributed by atoms with Gasteiger partial charge in [0.15, 0.2) is 0 Å². The maximum atomic E-state index is 11.2. The zero-order chi connectivity index (χ0) is 13.8. The van der Waals surface area contributed by atoms with Crippen LogP contribution in [0.4, 0.5) is 4.79 Å². The Hall–Kier alpha value is -2.24. The zero-order valence-electron chi connectivity index (χ0n) is 10.5. The third kappa shape index (κ3) is 4.73. The molecule has 0 aliphatic heterocycles. The van der Waals surface area contributed by atoms with Crippen LogP contribution in [-0.4, -0.2) is 28.1 Å². The van der Waals surface area contributed by atoms with E-state index in [-0.39, 0.29) is 11.5 Å². The van der Waals surface area contributed by atoms with Crippen molar-refractivity contribution in [3.8, 4) is 11.5 Å². The molecule has 1 aromatic carbocycles. The quantitative estimate of drug-likeness (QED) is 0.554. The lowest BCUT2D eigenvalue weighted by Gasteiger charge is -2.18. The Bertz CT molecular complexity index is 464. The minimum Gasteiger partial charge on any atom is -0.508 e. The average Bonchev–Trinajstić information content (AvgIpc) is 2.18. The number of nitrogens with zero attached hydrogens (tertiary/aromatic N) is 1. The van der Waals surface area contributed by atoms with Crippen molar-refractivity contribution in [3.05, 3.63) is 23.8 Å². The summed E-state index contributed by atoms with van der Waals surface area (Å²) >= 11 is 0. The topological polar surface area (TPSA) is 91.2 Å². The molecule has 0 aromatic heterocycles. The van der Waals surface area contributed by atoms with Crippen molar-refractivity contribution in [2.45, 2.75) is 26.4 Å². The van der Waals surface area contributed by atoms with E-state index in [0.29, 0.717) is 5.56 Å². The summed E-state index contributed by atoms with van der Waals surface area (Å²) in [4.78, 5) is 11.2. The van der Waals surface area contributed by atoms with Gasteiger partial charge in [-0.15, -0.1) is 0 Å². The number of phenols is 2. The molecule has 1 rings (SSSR count). The van der Waals surface area contributed by atoms with Crippen LogP contribution < -0.4 is 5.43 Å².